The van der Waals surface area contributed by atoms with E-state index in [9.17, 15) is 0 Å². The van der Waals surface area contributed by atoms with Crippen molar-refractivity contribution in [2.75, 3.05) is 0 Å². The molecule has 5 heteroatoms. The Kier molecular flexibility index (Phi) is 2.22. The van der Waals surface area contributed by atoms with Crippen molar-refractivity contribution < 1.29 is 0 Å². The third-order valence-electron chi connectivity index (χ3n) is 1.74. The van der Waals surface area contributed by atoms with Gasteiger partial charge < -0.3 is 5.84 Å². The van der Waals surface area contributed by atoms with E-state index in [1.54, 1.807) is 10.9 Å². The van der Waals surface area contributed by atoms with E-state index in [0.717, 1.165) is 5.69 Å². The zero-order chi connectivity index (χ0) is 9.80. The maximum atomic E-state index is 5.00. The number of nitrogens with zero attached hydrogens (tertiary/aromatic N) is 4. The Morgan fingerprint density at radius 1 is 1.29 bits per heavy atom. The van der Waals surface area contributed by atoms with Crippen LogP contribution >= 0.6 is 0 Å². The van der Waals surface area contributed by atoms with Crippen molar-refractivity contribution in [3.8, 4) is 5.69 Å². The molecule has 0 aliphatic heterocycles. The second-order valence-electron chi connectivity index (χ2n) is 2.70. The molecule has 0 spiro atoms. The number of hydrogen-bond acceptors (Lipinski definition) is 4. The first-order chi connectivity index (χ1) is 6.90. The Bertz CT molecular complexity index is 431. The van der Waals surface area contributed by atoms with E-state index in [-0.39, 0.29) is 0 Å². The summed E-state index contributed by atoms with van der Waals surface area (Å²) in [4.78, 5) is 0. The number of rotatable bonds is 2. The number of benzene rings is 1. The number of hydrogen-bond donors (Lipinski definition) is 1. The van der Waals surface area contributed by atoms with Crippen LogP contribution in [0.1, 0.15) is 5.69 Å². The molecule has 0 bridgehead atoms. The van der Waals surface area contributed by atoms with E-state index in [1.807, 2.05) is 30.3 Å². The van der Waals surface area contributed by atoms with Crippen LogP contribution in [0.25, 0.3) is 5.69 Å². The van der Waals surface area contributed by atoms with Gasteiger partial charge in [0, 0.05) is 0 Å². The SMILES string of the molecule is N/N=C/c1cn(-c2ccccc2)nn1. The topological polar surface area (TPSA) is 69.1 Å². The minimum Gasteiger partial charge on any atom is -0.323 e. The standard InChI is InChI=1S/C9H9N5/c10-11-6-8-7-14(13-12-8)9-4-2-1-3-5-9/h1-7H,10H2/b11-6+. The van der Waals surface area contributed by atoms with Gasteiger partial charge in [-0.3, -0.25) is 0 Å². The predicted molar refractivity (Wildman–Crippen MR) is 53.1 cm³/mol. The van der Waals surface area contributed by atoms with Gasteiger partial charge in [-0.1, -0.05) is 23.4 Å². The largest absolute Gasteiger partial charge is 0.323 e. The van der Waals surface area contributed by atoms with Gasteiger partial charge in [0.1, 0.15) is 5.69 Å². The van der Waals surface area contributed by atoms with Gasteiger partial charge >= 0.3 is 0 Å². The summed E-state index contributed by atoms with van der Waals surface area (Å²) in [5.74, 6) is 5.00. The van der Waals surface area contributed by atoms with Crippen LogP contribution in [-0.2, 0) is 0 Å². The predicted octanol–water partition coefficient (Wildman–Crippen LogP) is 0.560. The molecule has 1 aromatic heterocycles. The van der Waals surface area contributed by atoms with E-state index in [0.29, 0.717) is 5.69 Å². The van der Waals surface area contributed by atoms with Crippen LogP contribution in [-0.4, -0.2) is 21.2 Å². The Balaban J connectivity index is 2.34. The molecule has 1 aromatic carbocycles. The highest BCUT2D eigenvalue weighted by Crippen LogP contribution is 2.04. The molecule has 0 saturated heterocycles. The Labute approximate surface area is 80.9 Å². The van der Waals surface area contributed by atoms with Crippen molar-refractivity contribution in [1.82, 2.24) is 15.0 Å². The number of aromatic nitrogens is 3. The van der Waals surface area contributed by atoms with Crippen molar-refractivity contribution in [2.45, 2.75) is 0 Å². The summed E-state index contributed by atoms with van der Waals surface area (Å²) in [5, 5.41) is 11.2. The lowest BCUT2D eigenvalue weighted by atomic mass is 10.3. The first-order valence-electron chi connectivity index (χ1n) is 4.11. The lowest BCUT2D eigenvalue weighted by Crippen LogP contribution is -1.93. The molecule has 5 nitrogen and oxygen atoms in total. The Hall–Kier alpha value is -2.17. The molecule has 0 aliphatic carbocycles. The summed E-state index contributed by atoms with van der Waals surface area (Å²) >= 11 is 0. The van der Waals surface area contributed by atoms with Crippen molar-refractivity contribution in [3.63, 3.8) is 0 Å². The average molecular weight is 187 g/mol. The lowest BCUT2D eigenvalue weighted by molar-refractivity contribution is 0.803. The van der Waals surface area contributed by atoms with Gasteiger partial charge in [0.25, 0.3) is 0 Å². The summed E-state index contributed by atoms with van der Waals surface area (Å²) in [6.45, 7) is 0. The van der Waals surface area contributed by atoms with Crippen molar-refractivity contribution >= 4 is 6.21 Å². The molecule has 70 valence electrons. The zero-order valence-corrected chi connectivity index (χ0v) is 7.41. The summed E-state index contributed by atoms with van der Waals surface area (Å²) in [6, 6.07) is 9.71. The minimum absolute atomic E-state index is 0.636. The first-order valence-corrected chi connectivity index (χ1v) is 4.11. The van der Waals surface area contributed by atoms with Crippen LogP contribution in [0.2, 0.25) is 0 Å². The lowest BCUT2D eigenvalue weighted by Gasteiger charge is -1.96. The average Bonchev–Trinajstić information content (AvgIpc) is 2.68. The molecular formula is C9H9N5. The molecule has 2 N–H and O–H groups in total. The first kappa shape index (κ1) is 8.43. The molecule has 0 fully saturated rings. The minimum atomic E-state index is 0.636. The highest BCUT2D eigenvalue weighted by atomic mass is 15.4. The smallest absolute Gasteiger partial charge is 0.126 e. The molecule has 0 atom stereocenters. The number of hydrazone groups is 1. The van der Waals surface area contributed by atoms with Gasteiger partial charge in [-0.2, -0.15) is 5.10 Å². The monoisotopic (exact) mass is 187 g/mol. The fourth-order valence-electron chi connectivity index (χ4n) is 1.12. The Morgan fingerprint density at radius 3 is 2.79 bits per heavy atom. The summed E-state index contributed by atoms with van der Waals surface area (Å²) < 4.78 is 1.66. The maximum Gasteiger partial charge on any atom is 0.126 e. The summed E-state index contributed by atoms with van der Waals surface area (Å²) in [5.41, 5.74) is 1.59. The normalized spacial score (nSPS) is 10.9. The van der Waals surface area contributed by atoms with Gasteiger partial charge in [0.05, 0.1) is 18.1 Å². The number of para-hydroxylation sites is 1. The summed E-state index contributed by atoms with van der Waals surface area (Å²) in [7, 11) is 0. The number of nitrogens with two attached hydrogens (primary N) is 1. The highest BCUT2D eigenvalue weighted by molar-refractivity contribution is 5.75. The van der Waals surface area contributed by atoms with Crippen molar-refractivity contribution in [3.05, 3.63) is 42.2 Å². The Morgan fingerprint density at radius 2 is 2.07 bits per heavy atom. The van der Waals surface area contributed by atoms with Gasteiger partial charge in [-0.05, 0) is 12.1 Å². The quantitative estimate of drug-likeness (QED) is 0.424. The van der Waals surface area contributed by atoms with E-state index in [4.69, 9.17) is 5.84 Å². The van der Waals surface area contributed by atoms with Gasteiger partial charge in [-0.25, -0.2) is 4.68 Å². The van der Waals surface area contributed by atoms with Crippen LogP contribution < -0.4 is 5.84 Å². The molecule has 0 amide bonds. The van der Waals surface area contributed by atoms with Crippen LogP contribution in [0.5, 0.6) is 0 Å². The van der Waals surface area contributed by atoms with E-state index < -0.39 is 0 Å². The second kappa shape index (κ2) is 3.69. The summed E-state index contributed by atoms with van der Waals surface area (Å²) in [6.07, 6.45) is 3.21. The van der Waals surface area contributed by atoms with Gasteiger partial charge in [-0.15, -0.1) is 5.10 Å². The van der Waals surface area contributed by atoms with Crippen LogP contribution in [0.3, 0.4) is 0 Å². The fourth-order valence-corrected chi connectivity index (χ4v) is 1.12. The van der Waals surface area contributed by atoms with Crippen molar-refractivity contribution in [2.24, 2.45) is 10.9 Å². The molecule has 0 radical (unpaired) electrons. The third kappa shape index (κ3) is 1.61. The third-order valence-corrected chi connectivity index (χ3v) is 1.74. The second-order valence-corrected chi connectivity index (χ2v) is 2.70. The van der Waals surface area contributed by atoms with Crippen LogP contribution in [0, 0.1) is 0 Å². The molecule has 2 rings (SSSR count). The van der Waals surface area contributed by atoms with E-state index in [2.05, 4.69) is 15.4 Å². The molecule has 0 aliphatic rings. The molecule has 0 unspecified atom stereocenters. The van der Waals surface area contributed by atoms with Gasteiger partial charge in [0.2, 0.25) is 0 Å². The van der Waals surface area contributed by atoms with E-state index >= 15 is 0 Å². The van der Waals surface area contributed by atoms with Crippen LogP contribution in [0.15, 0.2) is 41.6 Å². The molecule has 2 aromatic rings. The fraction of sp³-hybridized carbons (Fsp3) is 0. The molecule has 0 saturated carbocycles. The van der Waals surface area contributed by atoms with Crippen molar-refractivity contribution in [1.29, 1.82) is 0 Å². The zero-order valence-electron chi connectivity index (χ0n) is 7.41. The highest BCUT2D eigenvalue weighted by Gasteiger charge is 1.98. The molecule has 14 heavy (non-hydrogen) atoms. The van der Waals surface area contributed by atoms with Gasteiger partial charge in [0.15, 0.2) is 0 Å². The van der Waals surface area contributed by atoms with Crippen LogP contribution in [0.4, 0.5) is 0 Å². The molecule has 1 heterocycles. The maximum absolute atomic E-state index is 5.00. The molecular weight excluding hydrogens is 178 g/mol. The van der Waals surface area contributed by atoms with E-state index in [1.165, 1.54) is 6.21 Å².